The van der Waals surface area contributed by atoms with Crippen molar-refractivity contribution in [3.8, 4) is 0 Å². The summed E-state index contributed by atoms with van der Waals surface area (Å²) in [6.07, 6.45) is 5.71. The third-order valence-corrected chi connectivity index (χ3v) is 3.04. The fourth-order valence-corrected chi connectivity index (χ4v) is 2.10. The predicted octanol–water partition coefficient (Wildman–Crippen LogP) is 2.74. The monoisotopic (exact) mass is 232 g/mol. The zero-order valence-electron chi connectivity index (χ0n) is 9.86. The molecule has 0 bridgehead atoms. The number of hydrogen-bond donors (Lipinski definition) is 2. The van der Waals surface area contributed by atoms with Crippen LogP contribution in [0.4, 0.5) is 16.2 Å². The molecule has 0 atom stereocenters. The third kappa shape index (κ3) is 3.66. The summed E-state index contributed by atoms with van der Waals surface area (Å²) in [5.74, 6) is 0. The average Bonchev–Trinajstić information content (AvgIpc) is 2.33. The van der Waals surface area contributed by atoms with Gasteiger partial charge >= 0.3 is 6.03 Å². The van der Waals surface area contributed by atoms with Crippen molar-refractivity contribution in [2.24, 2.45) is 0 Å². The summed E-state index contributed by atoms with van der Waals surface area (Å²) in [6.45, 7) is 0. The van der Waals surface area contributed by atoms with Crippen LogP contribution in [0, 0.1) is 0 Å². The van der Waals surface area contributed by atoms with Crippen LogP contribution in [0.15, 0.2) is 24.3 Å². The molecule has 2 amide bonds. The molecule has 1 aromatic rings. The number of nitrogens with zero attached hydrogens (tertiary/aromatic N) is 1. The van der Waals surface area contributed by atoms with Crippen LogP contribution in [0.5, 0.6) is 0 Å². The molecular formula is C13H18N3O. The summed E-state index contributed by atoms with van der Waals surface area (Å²) in [5.41, 5.74) is 7.00. The van der Waals surface area contributed by atoms with Crippen LogP contribution < -0.4 is 16.4 Å². The predicted molar refractivity (Wildman–Crippen MR) is 68.9 cm³/mol. The summed E-state index contributed by atoms with van der Waals surface area (Å²) < 4.78 is 0. The molecule has 3 N–H and O–H groups in total. The van der Waals surface area contributed by atoms with Gasteiger partial charge in [-0.25, -0.2) is 10.1 Å². The smallest absolute Gasteiger partial charge is 0.341 e. The molecule has 0 heterocycles. The van der Waals surface area contributed by atoms with E-state index in [1.54, 1.807) is 24.3 Å². The molecule has 17 heavy (non-hydrogen) atoms. The van der Waals surface area contributed by atoms with E-state index >= 15 is 0 Å². The molecule has 1 aliphatic carbocycles. The van der Waals surface area contributed by atoms with Crippen molar-refractivity contribution < 1.29 is 4.79 Å². The summed E-state index contributed by atoms with van der Waals surface area (Å²) in [4.78, 5) is 11.7. The van der Waals surface area contributed by atoms with Gasteiger partial charge in [0.25, 0.3) is 0 Å². The number of hydrogen-bond acceptors (Lipinski definition) is 2. The Morgan fingerprint density at radius 2 is 1.82 bits per heavy atom. The Balaban J connectivity index is 1.82. The van der Waals surface area contributed by atoms with E-state index in [0.29, 0.717) is 5.69 Å². The van der Waals surface area contributed by atoms with Crippen LogP contribution >= 0.6 is 0 Å². The van der Waals surface area contributed by atoms with E-state index in [1.165, 1.54) is 19.3 Å². The topological polar surface area (TPSA) is 69.2 Å². The van der Waals surface area contributed by atoms with Gasteiger partial charge in [0, 0.05) is 11.4 Å². The number of nitrogen functional groups attached to an aromatic ring is 1. The summed E-state index contributed by atoms with van der Waals surface area (Å²) in [5, 5.41) is 6.93. The molecule has 0 spiro atoms. The van der Waals surface area contributed by atoms with Crippen molar-refractivity contribution >= 4 is 17.4 Å². The Morgan fingerprint density at radius 1 is 1.18 bits per heavy atom. The lowest BCUT2D eigenvalue weighted by Crippen LogP contribution is -2.32. The largest absolute Gasteiger partial charge is 0.399 e. The Kier molecular flexibility index (Phi) is 3.85. The van der Waals surface area contributed by atoms with Gasteiger partial charge in [0.15, 0.2) is 0 Å². The number of rotatable bonds is 2. The lowest BCUT2D eigenvalue weighted by atomic mass is 9.96. The van der Waals surface area contributed by atoms with E-state index in [0.717, 1.165) is 18.5 Å². The Morgan fingerprint density at radius 3 is 2.47 bits per heavy atom. The van der Waals surface area contributed by atoms with E-state index in [1.807, 2.05) is 0 Å². The second-order valence-corrected chi connectivity index (χ2v) is 4.47. The highest BCUT2D eigenvalue weighted by atomic mass is 16.2. The number of nitrogens with one attached hydrogen (secondary N) is 1. The summed E-state index contributed by atoms with van der Waals surface area (Å²) >= 11 is 0. The van der Waals surface area contributed by atoms with Crippen LogP contribution in [0.1, 0.15) is 32.1 Å². The lowest BCUT2D eigenvalue weighted by Gasteiger charge is -2.20. The minimum atomic E-state index is -0.248. The van der Waals surface area contributed by atoms with Gasteiger partial charge in [0.05, 0.1) is 6.04 Å². The molecule has 0 aliphatic heterocycles. The van der Waals surface area contributed by atoms with Gasteiger partial charge in [-0.05, 0) is 37.1 Å². The van der Waals surface area contributed by atoms with Crippen molar-refractivity contribution in [2.75, 3.05) is 11.1 Å². The van der Waals surface area contributed by atoms with Gasteiger partial charge < -0.3 is 11.1 Å². The fourth-order valence-electron chi connectivity index (χ4n) is 2.10. The third-order valence-electron chi connectivity index (χ3n) is 3.04. The summed E-state index contributed by atoms with van der Waals surface area (Å²) in [7, 11) is 0. The van der Waals surface area contributed by atoms with Crippen molar-refractivity contribution in [2.45, 2.75) is 38.1 Å². The number of carbonyl (C=O) groups excluding carboxylic acids is 1. The first-order valence-corrected chi connectivity index (χ1v) is 6.11. The fraction of sp³-hybridized carbons (Fsp3) is 0.462. The maximum Gasteiger partial charge on any atom is 0.341 e. The van der Waals surface area contributed by atoms with Crippen LogP contribution in [0.25, 0.3) is 0 Å². The minimum Gasteiger partial charge on any atom is -0.399 e. The van der Waals surface area contributed by atoms with E-state index in [2.05, 4.69) is 10.6 Å². The first-order valence-electron chi connectivity index (χ1n) is 6.11. The minimum absolute atomic E-state index is 0.206. The quantitative estimate of drug-likeness (QED) is 0.770. The van der Waals surface area contributed by atoms with Gasteiger partial charge in [-0.15, -0.1) is 0 Å². The molecule has 0 unspecified atom stereocenters. The standard InChI is InChI=1S/C13H18N3O/c14-10-6-8-12(9-7-10)16-13(17)15-11-4-2-1-3-5-11/h6-9,11H,1-5,14H2,(H,16,17). The zero-order valence-corrected chi connectivity index (χ0v) is 9.86. The molecule has 1 radical (unpaired) electrons. The van der Waals surface area contributed by atoms with Crippen molar-refractivity contribution in [1.82, 2.24) is 5.32 Å². The first-order chi connectivity index (χ1) is 8.24. The van der Waals surface area contributed by atoms with Crippen molar-refractivity contribution in [3.05, 3.63) is 24.3 Å². The normalized spacial score (nSPS) is 16.5. The van der Waals surface area contributed by atoms with Gasteiger partial charge in [-0.2, -0.15) is 0 Å². The number of carbonyl (C=O) groups is 1. The van der Waals surface area contributed by atoms with Crippen molar-refractivity contribution in [3.63, 3.8) is 0 Å². The van der Waals surface area contributed by atoms with Gasteiger partial charge in [-0.1, -0.05) is 19.3 Å². The number of urea groups is 1. The molecule has 2 rings (SSSR count). The van der Waals surface area contributed by atoms with Crippen LogP contribution in [-0.4, -0.2) is 12.1 Å². The summed E-state index contributed by atoms with van der Waals surface area (Å²) in [6, 6.07) is 7.04. The van der Waals surface area contributed by atoms with E-state index in [9.17, 15) is 4.79 Å². The highest BCUT2D eigenvalue weighted by Gasteiger charge is 2.17. The highest BCUT2D eigenvalue weighted by molar-refractivity contribution is 5.89. The second kappa shape index (κ2) is 5.57. The maximum absolute atomic E-state index is 11.7. The molecule has 4 heteroatoms. The Labute approximate surface area is 102 Å². The second-order valence-electron chi connectivity index (χ2n) is 4.47. The lowest BCUT2D eigenvalue weighted by molar-refractivity contribution is 0.243. The molecule has 1 fully saturated rings. The van der Waals surface area contributed by atoms with Gasteiger partial charge in [0.2, 0.25) is 0 Å². The number of benzene rings is 1. The first kappa shape index (κ1) is 11.8. The Bertz CT molecular complexity index is 369. The average molecular weight is 232 g/mol. The van der Waals surface area contributed by atoms with E-state index < -0.39 is 0 Å². The zero-order chi connectivity index (χ0) is 12.1. The molecule has 1 aromatic carbocycles. The van der Waals surface area contributed by atoms with Crippen LogP contribution in [0.3, 0.4) is 0 Å². The molecule has 0 saturated heterocycles. The number of anilines is 2. The van der Waals surface area contributed by atoms with E-state index in [4.69, 9.17) is 5.73 Å². The van der Waals surface area contributed by atoms with E-state index in [-0.39, 0.29) is 12.1 Å². The molecule has 91 valence electrons. The molecule has 4 nitrogen and oxygen atoms in total. The molecule has 1 saturated carbocycles. The molecule has 1 aliphatic rings. The maximum atomic E-state index is 11.7. The highest BCUT2D eigenvalue weighted by Crippen LogP contribution is 2.18. The SMILES string of the molecule is Nc1ccc(NC(=O)[N]C2CCCCC2)cc1. The van der Waals surface area contributed by atoms with Gasteiger partial charge in [-0.3, -0.25) is 0 Å². The van der Waals surface area contributed by atoms with Gasteiger partial charge in [0.1, 0.15) is 0 Å². The van der Waals surface area contributed by atoms with Crippen molar-refractivity contribution in [1.29, 1.82) is 0 Å². The molecular weight excluding hydrogens is 214 g/mol. The number of nitrogens with two attached hydrogens (primary N) is 1. The van der Waals surface area contributed by atoms with Crippen LogP contribution in [-0.2, 0) is 0 Å². The van der Waals surface area contributed by atoms with Crippen LogP contribution in [0.2, 0.25) is 0 Å². The number of amides is 2. The Hall–Kier alpha value is -1.71. The molecule has 0 aromatic heterocycles.